The number of rotatable bonds is 5. The van der Waals surface area contributed by atoms with E-state index in [9.17, 15) is 12.8 Å². The Bertz CT molecular complexity index is 923. The lowest BCUT2D eigenvalue weighted by Gasteiger charge is -2.25. The fourth-order valence-electron chi connectivity index (χ4n) is 3.40. The van der Waals surface area contributed by atoms with E-state index in [0.717, 1.165) is 5.56 Å². The van der Waals surface area contributed by atoms with E-state index in [1.165, 1.54) is 17.7 Å². The molecule has 1 heterocycles. The van der Waals surface area contributed by atoms with Gasteiger partial charge in [0, 0.05) is 13.6 Å². The summed E-state index contributed by atoms with van der Waals surface area (Å²) in [6, 6.07) is 13.5. The molecule has 1 saturated heterocycles. The molecule has 7 heteroatoms. The lowest BCUT2D eigenvalue weighted by molar-refractivity contribution is -0.110. The maximum absolute atomic E-state index is 13.3. The Morgan fingerprint density at radius 2 is 1.86 bits per heavy atom. The second-order valence-electron chi connectivity index (χ2n) is 8.19. The van der Waals surface area contributed by atoms with Crippen LogP contribution in [0.2, 0.25) is 0 Å². The Morgan fingerprint density at radius 3 is 2.46 bits per heavy atom. The van der Waals surface area contributed by atoms with Crippen LogP contribution >= 0.6 is 0 Å². The first kappa shape index (κ1) is 20.9. The van der Waals surface area contributed by atoms with Crippen LogP contribution in [0, 0.1) is 5.82 Å². The molecule has 1 aliphatic heterocycles. The summed E-state index contributed by atoms with van der Waals surface area (Å²) in [5.74, 6) is -0.391. The smallest absolute Gasteiger partial charge is 0.219 e. The third-order valence-electron chi connectivity index (χ3n) is 5.07. The van der Waals surface area contributed by atoms with Gasteiger partial charge in [0.15, 0.2) is 0 Å². The molecule has 0 bridgehead atoms. The standard InChI is InChI=1S/C21H27FN2O3S/c1-21(2,3)17-10-8-16(9-11-17)20-19(14-27-24(20)4)28(25,26)23-13-15-6-5-7-18(22)12-15/h5-12,19-20,23H,13-14H2,1-4H3/t19-,20+/m0/s1. The molecule has 3 rings (SSSR count). The molecule has 0 saturated carbocycles. The molecule has 1 aliphatic rings. The average molecular weight is 407 g/mol. The zero-order valence-corrected chi connectivity index (χ0v) is 17.5. The van der Waals surface area contributed by atoms with E-state index in [2.05, 4.69) is 25.5 Å². The molecule has 0 aliphatic carbocycles. The topological polar surface area (TPSA) is 58.6 Å². The fourth-order valence-corrected chi connectivity index (χ4v) is 4.89. The first-order valence-corrected chi connectivity index (χ1v) is 10.8. The van der Waals surface area contributed by atoms with Crippen LogP contribution in [0.3, 0.4) is 0 Å². The number of nitrogens with one attached hydrogen (secondary N) is 1. The Balaban J connectivity index is 1.79. The number of hydroxylamine groups is 2. The van der Waals surface area contributed by atoms with Gasteiger partial charge in [0.2, 0.25) is 10.0 Å². The van der Waals surface area contributed by atoms with Gasteiger partial charge in [-0.3, -0.25) is 4.84 Å². The zero-order valence-electron chi connectivity index (χ0n) is 16.6. The highest BCUT2D eigenvalue weighted by molar-refractivity contribution is 7.90. The molecular formula is C21H27FN2O3S. The van der Waals surface area contributed by atoms with Crippen molar-refractivity contribution < 1.29 is 17.6 Å². The van der Waals surface area contributed by atoms with Crippen molar-refractivity contribution in [1.82, 2.24) is 9.79 Å². The lowest BCUT2D eigenvalue weighted by atomic mass is 9.86. The fraction of sp³-hybridized carbons (Fsp3) is 0.429. The summed E-state index contributed by atoms with van der Waals surface area (Å²) in [6.45, 7) is 6.51. The van der Waals surface area contributed by atoms with Crippen LogP contribution in [0.15, 0.2) is 48.5 Å². The van der Waals surface area contributed by atoms with Crippen LogP contribution in [0.5, 0.6) is 0 Å². The summed E-state index contributed by atoms with van der Waals surface area (Å²) in [5, 5.41) is 0.838. The third-order valence-corrected chi connectivity index (χ3v) is 6.81. The molecular weight excluding hydrogens is 379 g/mol. The van der Waals surface area contributed by atoms with Crippen LogP contribution in [-0.4, -0.2) is 32.4 Å². The average Bonchev–Trinajstić information content (AvgIpc) is 3.02. The van der Waals surface area contributed by atoms with Crippen LogP contribution in [0.4, 0.5) is 4.39 Å². The van der Waals surface area contributed by atoms with Gasteiger partial charge in [0.05, 0.1) is 12.6 Å². The molecule has 0 radical (unpaired) electrons. The maximum Gasteiger partial charge on any atom is 0.219 e. The van der Waals surface area contributed by atoms with Crippen molar-refractivity contribution in [3.05, 3.63) is 71.0 Å². The van der Waals surface area contributed by atoms with Crippen molar-refractivity contribution in [3.63, 3.8) is 0 Å². The minimum atomic E-state index is -3.68. The van der Waals surface area contributed by atoms with Crippen molar-refractivity contribution in [2.75, 3.05) is 13.7 Å². The quantitative estimate of drug-likeness (QED) is 0.825. The van der Waals surface area contributed by atoms with Crippen LogP contribution in [-0.2, 0) is 26.8 Å². The lowest BCUT2D eigenvalue weighted by Crippen LogP contribution is -2.39. The van der Waals surface area contributed by atoms with Crippen molar-refractivity contribution in [1.29, 1.82) is 0 Å². The molecule has 1 fully saturated rings. The summed E-state index contributed by atoms with van der Waals surface area (Å²) in [4.78, 5) is 5.54. The predicted molar refractivity (Wildman–Crippen MR) is 108 cm³/mol. The van der Waals surface area contributed by atoms with Gasteiger partial charge in [0.1, 0.15) is 11.1 Å². The predicted octanol–water partition coefficient (Wildman–Crippen LogP) is 3.53. The monoisotopic (exact) mass is 406 g/mol. The Hall–Kier alpha value is -1.80. The second kappa shape index (κ2) is 7.91. The molecule has 1 N–H and O–H groups in total. The molecule has 0 unspecified atom stereocenters. The summed E-state index contributed by atoms with van der Waals surface area (Å²) < 4.78 is 41.8. The van der Waals surface area contributed by atoms with Crippen molar-refractivity contribution >= 4 is 10.0 Å². The highest BCUT2D eigenvalue weighted by Gasteiger charge is 2.43. The number of sulfonamides is 1. The number of benzene rings is 2. The molecule has 2 aromatic carbocycles. The first-order chi connectivity index (χ1) is 13.1. The Labute approximate surface area is 166 Å². The molecule has 152 valence electrons. The highest BCUT2D eigenvalue weighted by atomic mass is 32.2. The summed E-state index contributed by atoms with van der Waals surface area (Å²) in [5.41, 5.74) is 2.66. The number of hydrogen-bond donors (Lipinski definition) is 1. The van der Waals surface area contributed by atoms with Crippen molar-refractivity contribution in [3.8, 4) is 0 Å². The van der Waals surface area contributed by atoms with Crippen LogP contribution in [0.25, 0.3) is 0 Å². The second-order valence-corrected chi connectivity index (χ2v) is 10.2. The maximum atomic E-state index is 13.3. The largest absolute Gasteiger partial charge is 0.297 e. The van der Waals surface area contributed by atoms with Gasteiger partial charge in [-0.15, -0.1) is 0 Å². The summed E-state index contributed by atoms with van der Waals surface area (Å²) >= 11 is 0. The number of hydrogen-bond acceptors (Lipinski definition) is 4. The van der Waals surface area contributed by atoms with Gasteiger partial charge in [-0.05, 0) is 34.2 Å². The highest BCUT2D eigenvalue weighted by Crippen LogP contribution is 2.34. The van der Waals surface area contributed by atoms with E-state index < -0.39 is 27.1 Å². The normalized spacial score (nSPS) is 21.2. The minimum absolute atomic E-state index is 0.0224. The molecule has 2 aromatic rings. The van der Waals surface area contributed by atoms with Gasteiger partial charge < -0.3 is 0 Å². The van der Waals surface area contributed by atoms with Crippen LogP contribution < -0.4 is 4.72 Å². The first-order valence-electron chi connectivity index (χ1n) is 9.27. The van der Waals surface area contributed by atoms with Crippen molar-refractivity contribution in [2.24, 2.45) is 0 Å². The van der Waals surface area contributed by atoms with Gasteiger partial charge in [-0.2, -0.15) is 5.06 Å². The molecule has 0 spiro atoms. The molecule has 2 atom stereocenters. The van der Waals surface area contributed by atoms with Gasteiger partial charge in [-0.1, -0.05) is 57.2 Å². The Kier molecular flexibility index (Phi) is 5.91. The molecule has 0 aromatic heterocycles. The van der Waals surface area contributed by atoms with E-state index in [-0.39, 0.29) is 18.6 Å². The Morgan fingerprint density at radius 1 is 1.18 bits per heavy atom. The summed E-state index contributed by atoms with van der Waals surface area (Å²) in [6.07, 6.45) is 0. The van der Waals surface area contributed by atoms with Gasteiger partial charge in [0.25, 0.3) is 0 Å². The summed E-state index contributed by atoms with van der Waals surface area (Å²) in [7, 11) is -1.94. The third kappa shape index (κ3) is 4.60. The van der Waals surface area contributed by atoms with Gasteiger partial charge >= 0.3 is 0 Å². The molecule has 28 heavy (non-hydrogen) atoms. The SMILES string of the molecule is CN1OC[C@H](S(=O)(=O)NCc2cccc(F)c2)[C@H]1c1ccc(C(C)(C)C)cc1. The molecule has 0 amide bonds. The van der Waals surface area contributed by atoms with E-state index in [4.69, 9.17) is 4.84 Å². The van der Waals surface area contributed by atoms with Crippen LogP contribution in [0.1, 0.15) is 43.5 Å². The number of nitrogens with zero attached hydrogens (tertiary/aromatic N) is 1. The van der Waals surface area contributed by atoms with E-state index in [1.54, 1.807) is 24.2 Å². The minimum Gasteiger partial charge on any atom is -0.297 e. The van der Waals surface area contributed by atoms with Gasteiger partial charge in [-0.25, -0.2) is 17.5 Å². The van der Waals surface area contributed by atoms with Crippen molar-refractivity contribution in [2.45, 2.75) is 44.0 Å². The number of halogens is 1. The zero-order chi connectivity index (χ0) is 20.5. The molecule has 5 nitrogen and oxygen atoms in total. The van der Waals surface area contributed by atoms with E-state index in [1.807, 2.05) is 24.3 Å². The van der Waals surface area contributed by atoms with E-state index >= 15 is 0 Å². The van der Waals surface area contributed by atoms with E-state index in [0.29, 0.717) is 5.56 Å².